The molecule has 4 nitrogen and oxygen atoms in total. The van der Waals surface area contributed by atoms with Crippen molar-refractivity contribution >= 4 is 48.9 Å². The van der Waals surface area contributed by atoms with Gasteiger partial charge >= 0.3 is 0 Å². The zero-order valence-corrected chi connectivity index (χ0v) is 15.0. The van der Waals surface area contributed by atoms with Crippen molar-refractivity contribution < 1.29 is 8.42 Å². The molecule has 120 valence electrons. The molecule has 0 unspecified atom stereocenters. The molecule has 0 fully saturated rings. The van der Waals surface area contributed by atoms with Gasteiger partial charge in [-0.25, -0.2) is 13.4 Å². The number of pyridine rings is 1. The quantitative estimate of drug-likeness (QED) is 0.732. The van der Waals surface area contributed by atoms with Crippen LogP contribution in [0.15, 0.2) is 40.6 Å². The molecule has 0 bridgehead atoms. The van der Waals surface area contributed by atoms with E-state index in [1.165, 1.54) is 11.3 Å². The zero-order chi connectivity index (χ0) is 16.6. The predicted octanol–water partition coefficient (Wildman–Crippen LogP) is 4.62. The Kier molecular flexibility index (Phi) is 4.31. The highest BCUT2D eigenvalue weighted by Crippen LogP contribution is 2.36. The van der Waals surface area contributed by atoms with Crippen molar-refractivity contribution in [2.24, 2.45) is 0 Å². The van der Waals surface area contributed by atoms with Gasteiger partial charge in [0.15, 0.2) is 0 Å². The normalized spacial score (nSPS) is 11.8. The van der Waals surface area contributed by atoms with E-state index in [1.807, 2.05) is 19.1 Å². The molecule has 2 heterocycles. The Labute approximate surface area is 144 Å². The number of sulfonamides is 1. The average molecular weight is 367 g/mol. The molecule has 0 aliphatic heterocycles. The van der Waals surface area contributed by atoms with Crippen molar-refractivity contribution in [3.8, 4) is 0 Å². The highest BCUT2D eigenvalue weighted by atomic mass is 35.5. The van der Waals surface area contributed by atoms with Gasteiger partial charge in [0.2, 0.25) is 0 Å². The fraction of sp³-hybridized carbons (Fsp3) is 0.188. The lowest BCUT2D eigenvalue weighted by Gasteiger charge is -2.07. The summed E-state index contributed by atoms with van der Waals surface area (Å²) in [4.78, 5) is 4.29. The van der Waals surface area contributed by atoms with Crippen molar-refractivity contribution in [1.29, 1.82) is 0 Å². The number of nitrogens with one attached hydrogen (secondary N) is 1. The van der Waals surface area contributed by atoms with Gasteiger partial charge in [-0.2, -0.15) is 0 Å². The second-order valence-electron chi connectivity index (χ2n) is 5.13. The Morgan fingerprint density at radius 2 is 2.04 bits per heavy atom. The molecular weight excluding hydrogens is 352 g/mol. The maximum Gasteiger partial charge on any atom is 0.272 e. The first-order valence-electron chi connectivity index (χ1n) is 7.08. The van der Waals surface area contributed by atoms with Crippen LogP contribution in [0, 0.1) is 6.92 Å². The molecule has 0 aliphatic rings. The molecule has 1 N–H and O–H groups in total. The van der Waals surface area contributed by atoms with Crippen molar-refractivity contribution in [3.63, 3.8) is 0 Å². The van der Waals surface area contributed by atoms with E-state index < -0.39 is 10.0 Å². The number of aromatic nitrogens is 1. The summed E-state index contributed by atoms with van der Waals surface area (Å²) in [5.74, 6) is 0.333. The summed E-state index contributed by atoms with van der Waals surface area (Å²) < 4.78 is 29.2. The standard InChI is InChI=1S/C16H15ClN2O2S2/c1-3-12-5-4-6-15(18-12)19-23(20,21)16-10(2)13-9-11(17)7-8-14(13)22-16/h4-9H,3H2,1-2H3,(H,18,19). The van der Waals surface area contributed by atoms with Gasteiger partial charge < -0.3 is 0 Å². The predicted molar refractivity (Wildman–Crippen MR) is 96.0 cm³/mol. The molecule has 0 saturated heterocycles. The van der Waals surface area contributed by atoms with E-state index in [9.17, 15) is 8.42 Å². The molecular formula is C16H15ClN2O2S2. The van der Waals surface area contributed by atoms with Gasteiger partial charge in [0.25, 0.3) is 10.0 Å². The number of nitrogens with zero attached hydrogens (tertiary/aromatic N) is 1. The molecule has 3 aromatic rings. The van der Waals surface area contributed by atoms with Crippen LogP contribution in [0.25, 0.3) is 10.1 Å². The summed E-state index contributed by atoms with van der Waals surface area (Å²) in [6, 6.07) is 10.7. The maximum absolute atomic E-state index is 12.7. The molecule has 23 heavy (non-hydrogen) atoms. The second kappa shape index (κ2) is 6.11. The topological polar surface area (TPSA) is 59.1 Å². The Morgan fingerprint density at radius 1 is 1.26 bits per heavy atom. The molecule has 0 atom stereocenters. The molecule has 0 saturated carbocycles. The first kappa shape index (κ1) is 16.2. The number of hydrogen-bond donors (Lipinski definition) is 1. The van der Waals surface area contributed by atoms with Crippen LogP contribution in [0.4, 0.5) is 5.82 Å². The lowest BCUT2D eigenvalue weighted by molar-refractivity contribution is 0.602. The SMILES string of the molecule is CCc1cccc(NS(=O)(=O)c2sc3ccc(Cl)cc3c2C)n1. The first-order chi connectivity index (χ1) is 10.9. The lowest BCUT2D eigenvalue weighted by atomic mass is 10.2. The van der Waals surface area contributed by atoms with Gasteiger partial charge in [0, 0.05) is 15.4 Å². The van der Waals surface area contributed by atoms with Crippen LogP contribution >= 0.6 is 22.9 Å². The van der Waals surface area contributed by atoms with E-state index in [4.69, 9.17) is 11.6 Å². The smallest absolute Gasteiger partial charge is 0.263 e. The number of halogens is 1. The molecule has 0 radical (unpaired) electrons. The Balaban J connectivity index is 2.04. The zero-order valence-electron chi connectivity index (χ0n) is 12.6. The number of hydrogen-bond acceptors (Lipinski definition) is 4. The second-order valence-corrected chi connectivity index (χ2v) is 8.49. The van der Waals surface area contributed by atoms with Gasteiger partial charge in [-0.15, -0.1) is 11.3 Å². The molecule has 0 aliphatic carbocycles. The Bertz CT molecular complexity index is 981. The number of fused-ring (bicyclic) bond motifs is 1. The third-order valence-corrected chi connectivity index (χ3v) is 6.99. The summed E-state index contributed by atoms with van der Waals surface area (Å²) in [5, 5.41) is 1.45. The minimum Gasteiger partial charge on any atom is -0.263 e. The van der Waals surface area contributed by atoms with Crippen molar-refractivity contribution in [1.82, 2.24) is 4.98 Å². The molecule has 0 amide bonds. The molecule has 0 spiro atoms. The van der Waals surface area contributed by atoms with E-state index in [-0.39, 0.29) is 0 Å². The van der Waals surface area contributed by atoms with Crippen LogP contribution in [0.5, 0.6) is 0 Å². The Morgan fingerprint density at radius 3 is 2.78 bits per heavy atom. The highest BCUT2D eigenvalue weighted by molar-refractivity contribution is 7.94. The summed E-state index contributed by atoms with van der Waals surface area (Å²) in [6.07, 6.45) is 0.746. The van der Waals surface area contributed by atoms with Gasteiger partial charge in [-0.3, -0.25) is 4.72 Å². The number of aryl methyl sites for hydroxylation is 2. The van der Waals surface area contributed by atoms with Crippen molar-refractivity contribution in [3.05, 3.63) is 52.7 Å². The number of anilines is 1. The Hall–Kier alpha value is -1.63. The molecule has 2 aromatic heterocycles. The third-order valence-electron chi connectivity index (χ3n) is 3.51. The minimum absolute atomic E-state index is 0.290. The van der Waals surface area contributed by atoms with Crippen LogP contribution in [0.1, 0.15) is 18.2 Å². The largest absolute Gasteiger partial charge is 0.272 e. The van der Waals surface area contributed by atoms with E-state index in [1.54, 1.807) is 31.2 Å². The average Bonchev–Trinajstić information content (AvgIpc) is 2.85. The highest BCUT2D eigenvalue weighted by Gasteiger charge is 2.22. The van der Waals surface area contributed by atoms with Crippen LogP contribution in [0.2, 0.25) is 5.02 Å². The van der Waals surface area contributed by atoms with E-state index >= 15 is 0 Å². The van der Waals surface area contributed by atoms with Gasteiger partial charge in [0.05, 0.1) is 0 Å². The molecule has 1 aromatic carbocycles. The van der Waals surface area contributed by atoms with Crippen molar-refractivity contribution in [2.45, 2.75) is 24.5 Å². The van der Waals surface area contributed by atoms with Crippen molar-refractivity contribution in [2.75, 3.05) is 4.72 Å². The van der Waals surface area contributed by atoms with Crippen LogP contribution in [-0.4, -0.2) is 13.4 Å². The number of rotatable bonds is 4. The van der Waals surface area contributed by atoms with Gasteiger partial charge in [-0.1, -0.05) is 24.6 Å². The molecule has 7 heteroatoms. The summed E-state index contributed by atoms with van der Waals surface area (Å²) in [7, 11) is -3.68. The van der Waals surface area contributed by atoms with Gasteiger partial charge in [0.1, 0.15) is 10.0 Å². The summed E-state index contributed by atoms with van der Waals surface area (Å²) in [6.45, 7) is 3.76. The first-order valence-corrected chi connectivity index (χ1v) is 9.76. The maximum atomic E-state index is 12.7. The fourth-order valence-corrected chi connectivity index (χ4v) is 5.27. The number of benzene rings is 1. The summed E-state index contributed by atoms with van der Waals surface area (Å²) >= 11 is 7.24. The fourth-order valence-electron chi connectivity index (χ4n) is 2.34. The number of thiophene rings is 1. The van der Waals surface area contributed by atoms with E-state index in [0.29, 0.717) is 20.6 Å². The van der Waals surface area contributed by atoms with Crippen LogP contribution in [0.3, 0.4) is 0 Å². The monoisotopic (exact) mass is 366 g/mol. The lowest BCUT2D eigenvalue weighted by Crippen LogP contribution is -2.13. The van der Waals surface area contributed by atoms with Gasteiger partial charge in [-0.05, 0) is 54.6 Å². The van der Waals surface area contributed by atoms with E-state index in [0.717, 1.165) is 22.2 Å². The molecule has 3 rings (SSSR count). The van der Waals surface area contributed by atoms with E-state index in [2.05, 4.69) is 9.71 Å². The minimum atomic E-state index is -3.68. The van der Waals surface area contributed by atoms with Crippen LogP contribution < -0.4 is 4.72 Å². The summed E-state index contributed by atoms with van der Waals surface area (Å²) in [5.41, 5.74) is 1.54. The third kappa shape index (κ3) is 3.20. The van der Waals surface area contributed by atoms with Crippen LogP contribution in [-0.2, 0) is 16.4 Å².